The Balaban J connectivity index is 1.56. The summed E-state index contributed by atoms with van der Waals surface area (Å²) >= 11 is 0. The molecule has 4 heterocycles. The molecule has 4 aromatic heterocycles. The molecule has 0 radical (unpaired) electrons. The van der Waals surface area contributed by atoms with Gasteiger partial charge in [-0.3, -0.25) is 9.97 Å². The Kier molecular flexibility index (Phi) is 7.17. The van der Waals surface area contributed by atoms with Crippen LogP contribution in [0, 0.1) is 0 Å². The zero-order chi connectivity index (χ0) is 23.9. The summed E-state index contributed by atoms with van der Waals surface area (Å²) in [6.07, 6.45) is 12.0. The lowest BCUT2D eigenvalue weighted by molar-refractivity contribution is 0.0496. The van der Waals surface area contributed by atoms with E-state index in [0.717, 1.165) is 24.2 Å². The van der Waals surface area contributed by atoms with Crippen LogP contribution in [0.25, 0.3) is 22.8 Å². The Morgan fingerprint density at radius 2 is 1.18 bits per heavy atom. The third-order valence-electron chi connectivity index (χ3n) is 5.08. The number of rotatable bonds is 9. The van der Waals surface area contributed by atoms with Gasteiger partial charge in [0.2, 0.25) is 0 Å². The van der Waals surface area contributed by atoms with Crippen LogP contribution < -0.4 is 0 Å². The Labute approximate surface area is 197 Å². The predicted molar refractivity (Wildman–Crippen MR) is 127 cm³/mol. The lowest BCUT2D eigenvalue weighted by atomic mass is 10.2. The molecule has 0 fully saturated rings. The molecule has 0 saturated carbocycles. The molecule has 0 bridgehead atoms. The molecule has 0 unspecified atom stereocenters. The van der Waals surface area contributed by atoms with E-state index in [1.807, 2.05) is 59.6 Å². The van der Waals surface area contributed by atoms with Gasteiger partial charge in [-0.2, -0.15) is 0 Å². The zero-order valence-corrected chi connectivity index (χ0v) is 19.2. The van der Waals surface area contributed by atoms with Gasteiger partial charge in [-0.05, 0) is 49.2 Å². The molecule has 0 saturated heterocycles. The van der Waals surface area contributed by atoms with Crippen LogP contribution in [0.5, 0.6) is 0 Å². The maximum absolute atomic E-state index is 12.1. The molecule has 0 aliphatic carbocycles. The highest BCUT2D eigenvalue weighted by atomic mass is 16.5. The maximum Gasteiger partial charge on any atom is 0.339 e. The summed E-state index contributed by atoms with van der Waals surface area (Å²) in [5.74, 6) is -0.678. The minimum atomic E-state index is -0.339. The summed E-state index contributed by atoms with van der Waals surface area (Å²) in [7, 11) is 0. The first kappa shape index (κ1) is 23.0. The van der Waals surface area contributed by atoms with Crippen LogP contribution in [0.15, 0.2) is 73.6 Å². The number of hydrogen-bond acceptors (Lipinski definition) is 6. The summed E-state index contributed by atoms with van der Waals surface area (Å²) in [4.78, 5) is 33.2. The van der Waals surface area contributed by atoms with Crippen molar-refractivity contribution < 1.29 is 19.1 Å². The summed E-state index contributed by atoms with van der Waals surface area (Å²) < 4.78 is 14.1. The SMILES string of the molecule is CCCOC(=O)c1ccn(-c2ccnc(-c3cc(-n4ccc(C(=O)OCCC)c4)ccn3)c2)c1. The van der Waals surface area contributed by atoms with Crippen LogP contribution in [0.1, 0.15) is 47.4 Å². The van der Waals surface area contributed by atoms with Crippen LogP contribution >= 0.6 is 0 Å². The van der Waals surface area contributed by atoms with Crippen molar-refractivity contribution in [1.29, 1.82) is 0 Å². The molecule has 0 atom stereocenters. The predicted octanol–water partition coefficient (Wildman–Crippen LogP) is 4.86. The summed E-state index contributed by atoms with van der Waals surface area (Å²) in [6, 6.07) is 11.0. The van der Waals surface area contributed by atoms with Crippen molar-refractivity contribution in [2.24, 2.45) is 0 Å². The molecule has 0 aliphatic rings. The maximum atomic E-state index is 12.1. The van der Waals surface area contributed by atoms with Gasteiger partial charge in [0, 0.05) is 48.6 Å². The topological polar surface area (TPSA) is 88.2 Å². The average molecular weight is 459 g/mol. The first-order chi connectivity index (χ1) is 16.6. The number of carbonyl (C=O) groups excluding carboxylic acids is 2. The van der Waals surface area contributed by atoms with E-state index < -0.39 is 0 Å². The quantitative estimate of drug-likeness (QED) is 0.333. The smallest absolute Gasteiger partial charge is 0.339 e. The standard InChI is InChI=1S/C26H26N4O4/c1-3-13-33-25(31)19-7-11-29(17-19)21-5-9-27-23(15-21)24-16-22(6-10-28-24)30-12-8-20(18-30)26(32)34-14-4-2/h5-12,15-18H,3-4,13-14H2,1-2H3. The Morgan fingerprint density at radius 3 is 1.59 bits per heavy atom. The summed E-state index contributed by atoms with van der Waals surface area (Å²) in [5.41, 5.74) is 4.03. The summed E-state index contributed by atoms with van der Waals surface area (Å²) in [6.45, 7) is 4.70. The fraction of sp³-hybridized carbons (Fsp3) is 0.231. The first-order valence-electron chi connectivity index (χ1n) is 11.2. The van der Waals surface area contributed by atoms with Crippen molar-refractivity contribution >= 4 is 11.9 Å². The number of pyridine rings is 2. The van der Waals surface area contributed by atoms with Crippen molar-refractivity contribution in [3.63, 3.8) is 0 Å². The molecule has 8 nitrogen and oxygen atoms in total. The third-order valence-corrected chi connectivity index (χ3v) is 5.08. The van der Waals surface area contributed by atoms with E-state index in [2.05, 4.69) is 9.97 Å². The number of hydrogen-bond donors (Lipinski definition) is 0. The van der Waals surface area contributed by atoms with Gasteiger partial charge in [0.25, 0.3) is 0 Å². The lowest BCUT2D eigenvalue weighted by Gasteiger charge is -2.08. The van der Waals surface area contributed by atoms with E-state index >= 15 is 0 Å². The fourth-order valence-electron chi connectivity index (χ4n) is 3.35. The van der Waals surface area contributed by atoms with Crippen molar-refractivity contribution in [3.05, 3.63) is 84.7 Å². The molecule has 34 heavy (non-hydrogen) atoms. The Hall–Kier alpha value is -4.20. The molecular formula is C26H26N4O4. The molecule has 0 N–H and O–H groups in total. The largest absolute Gasteiger partial charge is 0.462 e. The van der Waals surface area contributed by atoms with Crippen LogP contribution in [-0.4, -0.2) is 44.3 Å². The zero-order valence-electron chi connectivity index (χ0n) is 19.2. The summed E-state index contributed by atoms with van der Waals surface area (Å²) in [5, 5.41) is 0. The lowest BCUT2D eigenvalue weighted by Crippen LogP contribution is -2.04. The highest BCUT2D eigenvalue weighted by molar-refractivity contribution is 5.89. The molecule has 8 heteroatoms. The van der Waals surface area contributed by atoms with Crippen molar-refractivity contribution in [2.75, 3.05) is 13.2 Å². The Bertz CT molecular complexity index is 1190. The molecule has 0 spiro atoms. The molecule has 174 valence electrons. The van der Waals surface area contributed by atoms with Gasteiger partial charge in [-0.15, -0.1) is 0 Å². The van der Waals surface area contributed by atoms with Gasteiger partial charge in [-0.25, -0.2) is 9.59 Å². The fourth-order valence-corrected chi connectivity index (χ4v) is 3.35. The average Bonchev–Trinajstić information content (AvgIpc) is 3.57. The van der Waals surface area contributed by atoms with Gasteiger partial charge in [0.15, 0.2) is 0 Å². The van der Waals surface area contributed by atoms with Crippen molar-refractivity contribution in [2.45, 2.75) is 26.7 Å². The molecular weight excluding hydrogens is 432 g/mol. The molecule has 0 aliphatic heterocycles. The minimum absolute atomic E-state index is 0.339. The highest BCUT2D eigenvalue weighted by Crippen LogP contribution is 2.22. The van der Waals surface area contributed by atoms with Gasteiger partial charge in [-0.1, -0.05) is 13.8 Å². The molecule has 0 aromatic carbocycles. The van der Waals surface area contributed by atoms with E-state index in [1.165, 1.54) is 0 Å². The molecule has 0 amide bonds. The monoisotopic (exact) mass is 458 g/mol. The van der Waals surface area contributed by atoms with Crippen molar-refractivity contribution in [3.8, 4) is 22.8 Å². The van der Waals surface area contributed by atoms with Gasteiger partial charge in [0.05, 0.1) is 35.7 Å². The van der Waals surface area contributed by atoms with Crippen LogP contribution in [-0.2, 0) is 9.47 Å². The molecule has 4 rings (SSSR count). The van der Waals surface area contributed by atoms with Gasteiger partial charge < -0.3 is 18.6 Å². The van der Waals surface area contributed by atoms with Gasteiger partial charge >= 0.3 is 11.9 Å². The normalized spacial score (nSPS) is 10.8. The second kappa shape index (κ2) is 10.6. The van der Waals surface area contributed by atoms with Gasteiger partial charge in [0.1, 0.15) is 0 Å². The van der Waals surface area contributed by atoms with E-state index in [-0.39, 0.29) is 11.9 Å². The van der Waals surface area contributed by atoms with E-state index in [4.69, 9.17) is 9.47 Å². The van der Waals surface area contributed by atoms with E-state index in [0.29, 0.717) is 35.7 Å². The second-order valence-electron chi connectivity index (χ2n) is 7.69. The molecule has 4 aromatic rings. The van der Waals surface area contributed by atoms with Crippen LogP contribution in [0.4, 0.5) is 0 Å². The number of nitrogens with zero attached hydrogens (tertiary/aromatic N) is 4. The number of carbonyl (C=O) groups is 2. The van der Waals surface area contributed by atoms with Crippen molar-refractivity contribution in [1.82, 2.24) is 19.1 Å². The van der Waals surface area contributed by atoms with Crippen LogP contribution in [0.2, 0.25) is 0 Å². The number of ether oxygens (including phenoxy) is 2. The third kappa shape index (κ3) is 5.23. The number of aromatic nitrogens is 4. The van der Waals surface area contributed by atoms with E-state index in [9.17, 15) is 9.59 Å². The van der Waals surface area contributed by atoms with E-state index in [1.54, 1.807) is 36.9 Å². The first-order valence-corrected chi connectivity index (χ1v) is 11.2. The highest BCUT2D eigenvalue weighted by Gasteiger charge is 2.12. The second-order valence-corrected chi connectivity index (χ2v) is 7.69. The Morgan fingerprint density at radius 1 is 0.735 bits per heavy atom. The minimum Gasteiger partial charge on any atom is -0.462 e. The van der Waals surface area contributed by atoms with Crippen LogP contribution in [0.3, 0.4) is 0 Å². The number of esters is 2.